The Hall–Kier alpha value is -1.91. The molecular formula is C12H15N3O2. The first kappa shape index (κ1) is 11.6. The molecule has 1 aromatic rings. The maximum atomic E-state index is 12.0. The van der Waals surface area contributed by atoms with Crippen LogP contribution >= 0.6 is 0 Å². The lowest BCUT2D eigenvalue weighted by molar-refractivity contribution is -0.134. The summed E-state index contributed by atoms with van der Waals surface area (Å²) in [4.78, 5) is 29.9. The first-order valence-corrected chi connectivity index (χ1v) is 5.65. The molecule has 1 aliphatic rings. The predicted octanol–water partition coefficient (Wildman–Crippen LogP) is -0.0753. The van der Waals surface area contributed by atoms with Gasteiger partial charge >= 0.3 is 0 Å². The van der Waals surface area contributed by atoms with Gasteiger partial charge in [-0.1, -0.05) is 0 Å². The minimum atomic E-state index is 0.113. The SMILES string of the molecule is O=CN1CCN(C(=O)Cc2ccncc2)CC1. The molecule has 2 rings (SSSR count). The monoisotopic (exact) mass is 233 g/mol. The Kier molecular flexibility index (Phi) is 3.69. The molecule has 0 aromatic carbocycles. The van der Waals surface area contributed by atoms with Gasteiger partial charge in [-0.25, -0.2) is 0 Å². The molecule has 90 valence electrons. The van der Waals surface area contributed by atoms with E-state index in [1.807, 2.05) is 12.1 Å². The Morgan fingerprint density at radius 1 is 1.24 bits per heavy atom. The van der Waals surface area contributed by atoms with Gasteiger partial charge in [0.2, 0.25) is 12.3 Å². The molecule has 0 radical (unpaired) electrons. The number of aromatic nitrogens is 1. The fourth-order valence-corrected chi connectivity index (χ4v) is 1.86. The van der Waals surface area contributed by atoms with Gasteiger partial charge in [-0.3, -0.25) is 14.6 Å². The Morgan fingerprint density at radius 3 is 2.47 bits per heavy atom. The van der Waals surface area contributed by atoms with Crippen LogP contribution in [0.2, 0.25) is 0 Å². The van der Waals surface area contributed by atoms with Gasteiger partial charge in [-0.2, -0.15) is 0 Å². The van der Waals surface area contributed by atoms with Crippen molar-refractivity contribution in [3.05, 3.63) is 30.1 Å². The summed E-state index contributed by atoms with van der Waals surface area (Å²) in [5.74, 6) is 0.113. The zero-order chi connectivity index (χ0) is 12.1. The fourth-order valence-electron chi connectivity index (χ4n) is 1.86. The van der Waals surface area contributed by atoms with Crippen LogP contribution in [0, 0.1) is 0 Å². The smallest absolute Gasteiger partial charge is 0.227 e. The molecule has 0 bridgehead atoms. The minimum absolute atomic E-state index is 0.113. The molecule has 0 spiro atoms. The molecule has 0 atom stereocenters. The number of pyridine rings is 1. The highest BCUT2D eigenvalue weighted by molar-refractivity contribution is 5.78. The number of hydrogen-bond acceptors (Lipinski definition) is 3. The largest absolute Gasteiger partial charge is 0.342 e. The van der Waals surface area contributed by atoms with Crippen LogP contribution in [0.1, 0.15) is 5.56 Å². The molecule has 0 unspecified atom stereocenters. The van der Waals surface area contributed by atoms with E-state index in [0.29, 0.717) is 32.6 Å². The molecule has 1 fully saturated rings. The number of rotatable bonds is 3. The van der Waals surface area contributed by atoms with Crippen LogP contribution in [0.15, 0.2) is 24.5 Å². The van der Waals surface area contributed by atoms with Gasteiger partial charge in [-0.15, -0.1) is 0 Å². The van der Waals surface area contributed by atoms with E-state index in [9.17, 15) is 9.59 Å². The average molecular weight is 233 g/mol. The van der Waals surface area contributed by atoms with Crippen molar-refractivity contribution in [1.82, 2.24) is 14.8 Å². The zero-order valence-corrected chi connectivity index (χ0v) is 9.58. The number of piperazine rings is 1. The van der Waals surface area contributed by atoms with Gasteiger partial charge in [0.05, 0.1) is 6.42 Å². The molecule has 2 amide bonds. The Labute approximate surface area is 100 Å². The highest BCUT2D eigenvalue weighted by Crippen LogP contribution is 2.05. The second-order valence-electron chi connectivity index (χ2n) is 4.05. The fraction of sp³-hybridized carbons (Fsp3) is 0.417. The lowest BCUT2D eigenvalue weighted by Crippen LogP contribution is -2.48. The molecule has 0 saturated carbocycles. The van der Waals surface area contributed by atoms with Crippen molar-refractivity contribution in [2.75, 3.05) is 26.2 Å². The van der Waals surface area contributed by atoms with Crippen molar-refractivity contribution in [3.63, 3.8) is 0 Å². The predicted molar refractivity (Wildman–Crippen MR) is 62.2 cm³/mol. The van der Waals surface area contributed by atoms with Crippen LogP contribution in [0.5, 0.6) is 0 Å². The summed E-state index contributed by atoms with van der Waals surface area (Å²) in [5.41, 5.74) is 0.975. The third-order valence-electron chi connectivity index (χ3n) is 2.92. The van der Waals surface area contributed by atoms with Crippen LogP contribution in [0.3, 0.4) is 0 Å². The standard InChI is InChI=1S/C12H15N3O2/c16-10-14-5-7-15(8-6-14)12(17)9-11-1-3-13-4-2-11/h1-4,10H,5-9H2. The summed E-state index contributed by atoms with van der Waals surface area (Å²) in [6.45, 7) is 2.52. The molecular weight excluding hydrogens is 218 g/mol. The van der Waals surface area contributed by atoms with Crippen LogP contribution in [0.4, 0.5) is 0 Å². The van der Waals surface area contributed by atoms with E-state index in [2.05, 4.69) is 4.98 Å². The van der Waals surface area contributed by atoms with Gasteiger partial charge < -0.3 is 9.80 Å². The lowest BCUT2D eigenvalue weighted by atomic mass is 10.1. The molecule has 1 aliphatic heterocycles. The third-order valence-corrected chi connectivity index (χ3v) is 2.92. The summed E-state index contributed by atoms with van der Waals surface area (Å²) < 4.78 is 0. The number of nitrogens with zero attached hydrogens (tertiary/aromatic N) is 3. The first-order chi connectivity index (χ1) is 8.29. The Bertz CT molecular complexity index is 386. The van der Waals surface area contributed by atoms with Crippen LogP contribution < -0.4 is 0 Å². The van der Waals surface area contributed by atoms with E-state index >= 15 is 0 Å². The third kappa shape index (κ3) is 3.03. The topological polar surface area (TPSA) is 53.5 Å². The van der Waals surface area contributed by atoms with E-state index in [1.165, 1.54) is 0 Å². The summed E-state index contributed by atoms with van der Waals surface area (Å²) in [6.07, 6.45) is 4.62. The van der Waals surface area contributed by atoms with Gasteiger partial charge in [0.15, 0.2) is 0 Å². The molecule has 0 aliphatic carbocycles. The average Bonchev–Trinajstić information content (AvgIpc) is 2.40. The van der Waals surface area contributed by atoms with Crippen LogP contribution in [0.25, 0.3) is 0 Å². The molecule has 17 heavy (non-hydrogen) atoms. The summed E-state index contributed by atoms with van der Waals surface area (Å²) in [5, 5.41) is 0. The zero-order valence-electron chi connectivity index (χ0n) is 9.58. The van der Waals surface area contributed by atoms with Gasteiger partial charge in [-0.05, 0) is 17.7 Å². The number of carbonyl (C=O) groups excluding carboxylic acids is 2. The molecule has 5 nitrogen and oxygen atoms in total. The van der Waals surface area contributed by atoms with E-state index < -0.39 is 0 Å². The molecule has 2 heterocycles. The van der Waals surface area contributed by atoms with Crippen molar-refractivity contribution in [3.8, 4) is 0 Å². The second kappa shape index (κ2) is 5.43. The number of hydrogen-bond donors (Lipinski definition) is 0. The maximum absolute atomic E-state index is 12.0. The molecule has 1 aromatic heterocycles. The number of carbonyl (C=O) groups is 2. The maximum Gasteiger partial charge on any atom is 0.227 e. The second-order valence-corrected chi connectivity index (χ2v) is 4.05. The van der Waals surface area contributed by atoms with Gasteiger partial charge in [0, 0.05) is 38.6 Å². The van der Waals surface area contributed by atoms with Crippen molar-refractivity contribution in [1.29, 1.82) is 0 Å². The van der Waals surface area contributed by atoms with Gasteiger partial charge in [0.1, 0.15) is 0 Å². The summed E-state index contributed by atoms with van der Waals surface area (Å²) in [6, 6.07) is 3.69. The lowest BCUT2D eigenvalue weighted by Gasteiger charge is -2.32. The summed E-state index contributed by atoms with van der Waals surface area (Å²) >= 11 is 0. The molecule has 1 saturated heterocycles. The van der Waals surface area contributed by atoms with Crippen LogP contribution in [-0.4, -0.2) is 53.3 Å². The van der Waals surface area contributed by atoms with Crippen molar-refractivity contribution < 1.29 is 9.59 Å². The van der Waals surface area contributed by atoms with E-state index in [-0.39, 0.29) is 5.91 Å². The minimum Gasteiger partial charge on any atom is -0.342 e. The highest BCUT2D eigenvalue weighted by Gasteiger charge is 2.19. The highest BCUT2D eigenvalue weighted by atomic mass is 16.2. The normalized spacial score (nSPS) is 15.8. The first-order valence-electron chi connectivity index (χ1n) is 5.65. The quantitative estimate of drug-likeness (QED) is 0.686. The van der Waals surface area contributed by atoms with E-state index in [4.69, 9.17) is 0 Å². The summed E-state index contributed by atoms with van der Waals surface area (Å²) in [7, 11) is 0. The van der Waals surface area contributed by atoms with Gasteiger partial charge in [0.25, 0.3) is 0 Å². The Balaban J connectivity index is 1.87. The van der Waals surface area contributed by atoms with Crippen molar-refractivity contribution in [2.24, 2.45) is 0 Å². The number of amides is 2. The van der Waals surface area contributed by atoms with Crippen molar-refractivity contribution in [2.45, 2.75) is 6.42 Å². The molecule has 0 N–H and O–H groups in total. The van der Waals surface area contributed by atoms with Crippen LogP contribution in [-0.2, 0) is 16.0 Å². The Morgan fingerprint density at radius 2 is 1.88 bits per heavy atom. The van der Waals surface area contributed by atoms with Crippen molar-refractivity contribution >= 4 is 12.3 Å². The van der Waals surface area contributed by atoms with E-state index in [1.54, 1.807) is 22.2 Å². The van der Waals surface area contributed by atoms with E-state index in [0.717, 1.165) is 12.0 Å². The molecule has 5 heteroatoms.